The van der Waals surface area contributed by atoms with E-state index in [9.17, 15) is 24.6 Å². The van der Waals surface area contributed by atoms with E-state index < -0.39 is 46.3 Å². The maximum absolute atomic E-state index is 12.8. The first kappa shape index (κ1) is 25.0. The largest absolute Gasteiger partial charge is 0.467 e. The van der Waals surface area contributed by atoms with E-state index in [1.165, 1.54) is 21.0 Å². The van der Waals surface area contributed by atoms with Crippen LogP contribution in [0.2, 0.25) is 0 Å². The number of allylic oxidation sites excluding steroid dienone is 1. The molecule has 0 spiro atoms. The van der Waals surface area contributed by atoms with Gasteiger partial charge in [-0.1, -0.05) is 12.2 Å². The van der Waals surface area contributed by atoms with Crippen LogP contribution in [-0.2, 0) is 19.1 Å². The Morgan fingerprint density at radius 1 is 1.50 bits per heavy atom. The normalized spacial score (nSPS) is 32.9. The van der Waals surface area contributed by atoms with Crippen LogP contribution >= 0.6 is 23.4 Å². The number of nitrogens with one attached hydrogen (secondary N) is 2. The van der Waals surface area contributed by atoms with Gasteiger partial charge in [-0.05, 0) is 32.6 Å². The smallest absolute Gasteiger partial charge is 0.329 e. The van der Waals surface area contributed by atoms with Crippen LogP contribution < -0.4 is 10.6 Å². The lowest BCUT2D eigenvalue weighted by molar-refractivity contribution is -0.144. The molecule has 0 aromatic heterocycles. The van der Waals surface area contributed by atoms with Gasteiger partial charge in [-0.3, -0.25) is 9.59 Å². The Kier molecular flexibility index (Phi) is 8.61. The molecular formula is C20H31ClN2O6S. The Balaban J connectivity index is 2.39. The van der Waals surface area contributed by atoms with Crippen molar-refractivity contribution in [3.63, 3.8) is 0 Å². The Labute approximate surface area is 186 Å². The van der Waals surface area contributed by atoms with Gasteiger partial charge < -0.3 is 25.6 Å². The molecule has 2 rings (SSSR count). The van der Waals surface area contributed by atoms with Crippen molar-refractivity contribution < 1.29 is 29.3 Å². The number of halogens is 1. The molecule has 1 unspecified atom stereocenters. The Bertz CT molecular complexity index is 688. The summed E-state index contributed by atoms with van der Waals surface area (Å²) in [5.41, 5.74) is -1.65. The molecule has 2 amide bonds. The van der Waals surface area contributed by atoms with Crippen LogP contribution in [-0.4, -0.2) is 69.4 Å². The van der Waals surface area contributed by atoms with Gasteiger partial charge >= 0.3 is 5.97 Å². The van der Waals surface area contributed by atoms with Crippen LogP contribution in [0, 0.1) is 11.8 Å². The molecule has 0 radical (unpaired) electrons. The lowest BCUT2D eigenvalue weighted by Gasteiger charge is -2.46. The third kappa shape index (κ3) is 4.95. The van der Waals surface area contributed by atoms with E-state index in [-0.39, 0.29) is 24.0 Å². The molecule has 1 fully saturated rings. The Morgan fingerprint density at radius 3 is 2.73 bits per heavy atom. The number of aliphatic hydroxyl groups excluding tert-OH is 1. The molecule has 0 bridgehead atoms. The van der Waals surface area contributed by atoms with Crippen molar-refractivity contribution in [1.82, 2.24) is 10.6 Å². The minimum Gasteiger partial charge on any atom is -0.467 e. The van der Waals surface area contributed by atoms with Gasteiger partial charge in [0.15, 0.2) is 0 Å². The molecule has 10 heteroatoms. The molecule has 170 valence electrons. The second kappa shape index (κ2) is 10.3. The van der Waals surface area contributed by atoms with Gasteiger partial charge in [-0.15, -0.1) is 23.4 Å². The molecule has 1 aliphatic heterocycles. The predicted octanol–water partition coefficient (Wildman–Crippen LogP) is 0.937. The third-order valence-corrected chi connectivity index (χ3v) is 7.84. The van der Waals surface area contributed by atoms with E-state index in [4.69, 9.17) is 16.3 Å². The van der Waals surface area contributed by atoms with E-state index in [0.717, 1.165) is 24.6 Å². The summed E-state index contributed by atoms with van der Waals surface area (Å²) in [6, 6.07) is -0.997. The number of hydrogen-bond acceptors (Lipinski definition) is 7. The Morgan fingerprint density at radius 2 is 2.20 bits per heavy atom. The molecule has 2 aliphatic rings. The van der Waals surface area contributed by atoms with Gasteiger partial charge in [0.2, 0.25) is 11.8 Å². The number of amides is 2. The maximum Gasteiger partial charge on any atom is 0.329 e. The number of alkyl halides is 1. The van der Waals surface area contributed by atoms with Crippen molar-refractivity contribution >= 4 is 41.1 Å². The molecule has 0 aromatic rings. The van der Waals surface area contributed by atoms with Crippen LogP contribution in [0.3, 0.4) is 0 Å². The minimum absolute atomic E-state index is 0.0101. The molecule has 1 aliphatic carbocycles. The van der Waals surface area contributed by atoms with Crippen LogP contribution in [0.1, 0.15) is 39.5 Å². The van der Waals surface area contributed by atoms with E-state index in [1.54, 1.807) is 0 Å². The quantitative estimate of drug-likeness (QED) is 0.228. The summed E-state index contributed by atoms with van der Waals surface area (Å²) in [6.45, 7) is 2.79. The number of carbonyl (C=O) groups excluding carboxylic acids is 3. The minimum atomic E-state index is -1.65. The SMILES string of the molecule is COC(=O)C(CS[C@]1([C@@H](O)[C@@H]2C=CCCC2)NC(=O)[C@H](CCCl)[C@]1(C)O)NC(C)=O. The summed E-state index contributed by atoms with van der Waals surface area (Å²) < 4.78 is 4.76. The zero-order valence-corrected chi connectivity index (χ0v) is 19.1. The van der Waals surface area contributed by atoms with Crippen LogP contribution in [0.25, 0.3) is 0 Å². The average Bonchev–Trinajstić information content (AvgIpc) is 2.91. The molecule has 0 saturated carbocycles. The fourth-order valence-corrected chi connectivity index (χ4v) is 6.07. The highest BCUT2D eigenvalue weighted by Crippen LogP contribution is 2.50. The van der Waals surface area contributed by atoms with Crippen molar-refractivity contribution in [2.24, 2.45) is 11.8 Å². The summed E-state index contributed by atoms with van der Waals surface area (Å²) in [5.74, 6) is -2.40. The van der Waals surface area contributed by atoms with Gasteiger partial charge in [-0.2, -0.15) is 0 Å². The standard InChI is InChI=1S/C20H31ClN2O6S/c1-12(24)22-15(18(27)29-3)11-30-20(16(25)13-7-5-4-6-8-13)19(2,28)14(9-10-21)17(26)23-20/h5,7,13-16,25,28H,4,6,8-11H2,1-3H3,(H,22,24)(H,23,26)/t13-,14+,15?,16+,19+,20+/m1/s1. The molecule has 4 N–H and O–H groups in total. The summed E-state index contributed by atoms with van der Waals surface area (Å²) >= 11 is 6.90. The first-order valence-corrected chi connectivity index (χ1v) is 11.6. The van der Waals surface area contributed by atoms with E-state index >= 15 is 0 Å². The lowest BCUT2D eigenvalue weighted by atomic mass is 9.77. The highest BCUT2D eigenvalue weighted by molar-refractivity contribution is 8.00. The van der Waals surface area contributed by atoms with Gasteiger partial charge in [0, 0.05) is 24.5 Å². The second-order valence-corrected chi connectivity index (χ2v) is 9.60. The average molecular weight is 463 g/mol. The van der Waals surface area contributed by atoms with Gasteiger partial charge in [0.1, 0.15) is 16.5 Å². The number of thioether (sulfide) groups is 1. The van der Waals surface area contributed by atoms with Crippen LogP contribution in [0.4, 0.5) is 0 Å². The summed E-state index contributed by atoms with van der Waals surface area (Å²) in [4.78, 5) is 34.9. The number of aliphatic hydroxyl groups is 2. The molecule has 8 nitrogen and oxygen atoms in total. The first-order valence-electron chi connectivity index (χ1n) is 10.0. The number of methoxy groups -OCH3 is 1. The molecule has 6 atom stereocenters. The topological polar surface area (TPSA) is 125 Å². The molecule has 30 heavy (non-hydrogen) atoms. The van der Waals surface area contributed by atoms with Crippen molar-refractivity contribution in [3.8, 4) is 0 Å². The zero-order chi connectivity index (χ0) is 22.5. The van der Waals surface area contributed by atoms with Crippen molar-refractivity contribution in [1.29, 1.82) is 0 Å². The van der Waals surface area contributed by atoms with Crippen LogP contribution in [0.5, 0.6) is 0 Å². The number of rotatable bonds is 9. The van der Waals surface area contributed by atoms with Crippen molar-refractivity contribution in [2.45, 2.75) is 62.1 Å². The fraction of sp³-hybridized carbons (Fsp3) is 0.750. The second-order valence-electron chi connectivity index (χ2n) is 7.96. The van der Waals surface area contributed by atoms with Gasteiger partial charge in [0.05, 0.1) is 19.1 Å². The van der Waals surface area contributed by atoms with E-state index in [0.29, 0.717) is 6.42 Å². The highest BCUT2D eigenvalue weighted by Gasteiger charge is 2.65. The Hall–Kier alpha value is -1.29. The van der Waals surface area contributed by atoms with E-state index in [2.05, 4.69) is 10.6 Å². The predicted molar refractivity (Wildman–Crippen MR) is 115 cm³/mol. The number of ether oxygens (including phenoxy) is 1. The highest BCUT2D eigenvalue weighted by atomic mass is 35.5. The molecule has 0 aromatic carbocycles. The summed E-state index contributed by atoms with van der Waals surface area (Å²) in [5, 5.41) is 28.2. The van der Waals surface area contributed by atoms with Crippen molar-refractivity contribution in [2.75, 3.05) is 18.7 Å². The summed E-state index contributed by atoms with van der Waals surface area (Å²) in [7, 11) is 1.21. The lowest BCUT2D eigenvalue weighted by Crippen LogP contribution is -2.64. The molecular weight excluding hydrogens is 432 g/mol. The molecule has 1 heterocycles. The zero-order valence-electron chi connectivity index (χ0n) is 17.5. The summed E-state index contributed by atoms with van der Waals surface area (Å²) in [6.07, 6.45) is 5.50. The molecule has 1 saturated heterocycles. The van der Waals surface area contributed by atoms with Crippen molar-refractivity contribution in [3.05, 3.63) is 12.2 Å². The fourth-order valence-electron chi connectivity index (χ4n) is 4.25. The monoisotopic (exact) mass is 462 g/mol. The number of carbonyl (C=O) groups is 3. The van der Waals surface area contributed by atoms with Gasteiger partial charge in [0.25, 0.3) is 0 Å². The van der Waals surface area contributed by atoms with Gasteiger partial charge in [-0.25, -0.2) is 4.79 Å². The number of hydrogen-bond donors (Lipinski definition) is 4. The van der Waals surface area contributed by atoms with Crippen LogP contribution in [0.15, 0.2) is 12.2 Å². The third-order valence-electron chi connectivity index (χ3n) is 5.91. The van der Waals surface area contributed by atoms with E-state index in [1.807, 2.05) is 12.2 Å². The first-order chi connectivity index (χ1) is 14.1. The maximum atomic E-state index is 12.8. The number of esters is 1.